The van der Waals surface area contributed by atoms with Crippen LogP contribution >= 0.6 is 0 Å². The van der Waals surface area contributed by atoms with Crippen molar-refractivity contribution in [2.24, 2.45) is 0 Å². The highest BCUT2D eigenvalue weighted by atomic mass is 16.5. The summed E-state index contributed by atoms with van der Waals surface area (Å²) in [7, 11) is 0. The number of amides is 1. The number of nitrogens with zero attached hydrogens (tertiary/aromatic N) is 4. The van der Waals surface area contributed by atoms with E-state index in [0.29, 0.717) is 49.0 Å². The van der Waals surface area contributed by atoms with Crippen molar-refractivity contribution in [1.29, 1.82) is 0 Å². The van der Waals surface area contributed by atoms with Crippen LogP contribution in [0.25, 0.3) is 0 Å². The second-order valence-electron chi connectivity index (χ2n) is 7.74. The van der Waals surface area contributed by atoms with Crippen molar-refractivity contribution in [3.8, 4) is 5.88 Å². The van der Waals surface area contributed by atoms with Gasteiger partial charge < -0.3 is 18.9 Å². The van der Waals surface area contributed by atoms with E-state index < -0.39 is 0 Å². The van der Waals surface area contributed by atoms with Crippen molar-refractivity contribution in [3.63, 3.8) is 0 Å². The van der Waals surface area contributed by atoms with E-state index in [2.05, 4.69) is 22.0 Å². The summed E-state index contributed by atoms with van der Waals surface area (Å²) < 4.78 is 17.4. The molecule has 8 heteroatoms. The van der Waals surface area contributed by atoms with E-state index in [9.17, 15) is 4.79 Å². The van der Waals surface area contributed by atoms with Gasteiger partial charge in [-0.15, -0.1) is 0 Å². The lowest BCUT2D eigenvalue weighted by Crippen LogP contribution is -2.67. The third-order valence-corrected chi connectivity index (χ3v) is 5.34. The quantitative estimate of drug-likeness (QED) is 0.780. The molecule has 4 heterocycles. The summed E-state index contributed by atoms with van der Waals surface area (Å²) in [6.07, 6.45) is 6.50. The largest absolute Gasteiger partial charge is 0.473 e. The predicted octanol–water partition coefficient (Wildman–Crippen LogP) is 2.49. The van der Waals surface area contributed by atoms with Crippen LogP contribution in [0.4, 0.5) is 0 Å². The van der Waals surface area contributed by atoms with Gasteiger partial charge in [-0.05, 0) is 20.3 Å². The summed E-state index contributed by atoms with van der Waals surface area (Å²) in [6, 6.07) is 0. The fraction of sp³-hybridized carbons (Fsp3) is 0.600. The zero-order valence-corrected chi connectivity index (χ0v) is 16.6. The second kappa shape index (κ2) is 7.50. The molecule has 2 aromatic rings. The van der Waals surface area contributed by atoms with Crippen LogP contribution in [-0.4, -0.2) is 57.3 Å². The standard InChI is InChI=1S/C20H26N4O4/c1-4-5-16-18(14(3)23-28-16)19(25)24-11-20(12-24)8-15(6-7-26-20)27-17-10-21-9-13(2)22-17/h9-10,15H,4-8,11-12H2,1-3H3. The molecule has 0 aromatic carbocycles. The lowest BCUT2D eigenvalue weighted by atomic mass is 9.84. The van der Waals surface area contributed by atoms with Crippen LogP contribution in [0.2, 0.25) is 0 Å². The van der Waals surface area contributed by atoms with Gasteiger partial charge in [0.1, 0.15) is 23.0 Å². The molecule has 2 saturated heterocycles. The summed E-state index contributed by atoms with van der Waals surface area (Å²) in [5, 5.41) is 3.98. The Hall–Kier alpha value is -2.48. The van der Waals surface area contributed by atoms with E-state index in [-0.39, 0.29) is 17.6 Å². The molecular weight excluding hydrogens is 360 g/mol. The maximum atomic E-state index is 13.0. The summed E-state index contributed by atoms with van der Waals surface area (Å²) >= 11 is 0. The smallest absolute Gasteiger partial charge is 0.259 e. The number of hydrogen-bond donors (Lipinski definition) is 0. The molecule has 0 N–H and O–H groups in total. The number of aromatic nitrogens is 3. The summed E-state index contributed by atoms with van der Waals surface area (Å²) in [5.41, 5.74) is 1.74. The predicted molar refractivity (Wildman–Crippen MR) is 100 cm³/mol. The molecule has 0 bridgehead atoms. The van der Waals surface area contributed by atoms with Gasteiger partial charge in [0.05, 0.1) is 37.3 Å². The molecule has 8 nitrogen and oxygen atoms in total. The van der Waals surface area contributed by atoms with Gasteiger partial charge in [0.15, 0.2) is 0 Å². The molecule has 1 amide bonds. The van der Waals surface area contributed by atoms with Crippen LogP contribution < -0.4 is 4.74 Å². The van der Waals surface area contributed by atoms with Gasteiger partial charge in [-0.2, -0.15) is 0 Å². The van der Waals surface area contributed by atoms with Crippen LogP contribution in [0.3, 0.4) is 0 Å². The SMILES string of the molecule is CCCc1onc(C)c1C(=O)N1CC2(CC(Oc3cncc(C)n3)CCO2)C1. The van der Waals surface area contributed by atoms with Crippen molar-refractivity contribution in [2.75, 3.05) is 19.7 Å². The topological polar surface area (TPSA) is 90.6 Å². The highest BCUT2D eigenvalue weighted by Crippen LogP contribution is 2.37. The average molecular weight is 386 g/mol. The molecule has 1 unspecified atom stereocenters. The monoisotopic (exact) mass is 386 g/mol. The van der Waals surface area contributed by atoms with Crippen LogP contribution in [0.1, 0.15) is 53.7 Å². The Morgan fingerprint density at radius 1 is 1.36 bits per heavy atom. The number of ether oxygens (including phenoxy) is 2. The molecule has 2 aromatic heterocycles. The van der Waals surface area contributed by atoms with E-state index in [1.165, 1.54) is 0 Å². The minimum absolute atomic E-state index is 0.00934. The molecule has 28 heavy (non-hydrogen) atoms. The molecule has 1 spiro atoms. The molecule has 2 fully saturated rings. The van der Waals surface area contributed by atoms with E-state index in [4.69, 9.17) is 14.0 Å². The highest BCUT2D eigenvalue weighted by molar-refractivity contribution is 5.96. The van der Waals surface area contributed by atoms with E-state index in [1.54, 1.807) is 12.4 Å². The van der Waals surface area contributed by atoms with Gasteiger partial charge in [-0.3, -0.25) is 9.78 Å². The van der Waals surface area contributed by atoms with E-state index in [0.717, 1.165) is 25.0 Å². The van der Waals surface area contributed by atoms with Crippen molar-refractivity contribution < 1.29 is 18.8 Å². The summed E-state index contributed by atoms with van der Waals surface area (Å²) in [4.78, 5) is 23.3. The van der Waals surface area contributed by atoms with Gasteiger partial charge in [0.2, 0.25) is 5.88 Å². The molecule has 0 saturated carbocycles. The first-order valence-corrected chi connectivity index (χ1v) is 9.83. The first kappa shape index (κ1) is 18.9. The van der Waals surface area contributed by atoms with E-state index >= 15 is 0 Å². The number of hydrogen-bond acceptors (Lipinski definition) is 7. The van der Waals surface area contributed by atoms with Crippen LogP contribution in [0, 0.1) is 13.8 Å². The van der Waals surface area contributed by atoms with Gasteiger partial charge in [-0.25, -0.2) is 4.98 Å². The van der Waals surface area contributed by atoms with Gasteiger partial charge >= 0.3 is 0 Å². The van der Waals surface area contributed by atoms with Crippen LogP contribution in [0.5, 0.6) is 5.88 Å². The zero-order valence-electron chi connectivity index (χ0n) is 16.6. The first-order chi connectivity index (χ1) is 13.5. The third-order valence-electron chi connectivity index (χ3n) is 5.34. The minimum atomic E-state index is -0.341. The number of carbonyl (C=O) groups is 1. The zero-order chi connectivity index (χ0) is 19.7. The second-order valence-corrected chi connectivity index (χ2v) is 7.74. The number of rotatable bonds is 5. The molecule has 0 radical (unpaired) electrons. The van der Waals surface area contributed by atoms with Crippen molar-refractivity contribution in [2.45, 2.75) is 58.2 Å². The van der Waals surface area contributed by atoms with Gasteiger partial charge in [0, 0.05) is 25.5 Å². The Kier molecular flexibility index (Phi) is 5.05. The number of carbonyl (C=O) groups excluding carboxylic acids is 1. The molecular formula is C20H26N4O4. The van der Waals surface area contributed by atoms with E-state index in [1.807, 2.05) is 18.7 Å². The fourth-order valence-corrected chi connectivity index (χ4v) is 4.01. The lowest BCUT2D eigenvalue weighted by molar-refractivity contribution is -0.174. The van der Waals surface area contributed by atoms with Gasteiger partial charge in [0.25, 0.3) is 5.91 Å². The summed E-state index contributed by atoms with van der Waals surface area (Å²) in [6.45, 7) is 7.48. The summed E-state index contributed by atoms with van der Waals surface area (Å²) in [5.74, 6) is 1.19. The maximum Gasteiger partial charge on any atom is 0.259 e. The Morgan fingerprint density at radius 3 is 2.93 bits per heavy atom. The minimum Gasteiger partial charge on any atom is -0.473 e. The molecule has 2 aliphatic rings. The molecule has 2 aliphatic heterocycles. The van der Waals surface area contributed by atoms with Crippen molar-refractivity contribution >= 4 is 5.91 Å². The number of likely N-dealkylation sites (tertiary alicyclic amines) is 1. The Labute approximate surface area is 164 Å². The first-order valence-electron chi connectivity index (χ1n) is 9.83. The molecule has 0 aliphatic carbocycles. The van der Waals surface area contributed by atoms with Crippen LogP contribution in [-0.2, 0) is 11.2 Å². The molecule has 150 valence electrons. The Bertz CT molecular complexity index is 860. The van der Waals surface area contributed by atoms with Crippen molar-refractivity contribution in [3.05, 3.63) is 35.1 Å². The fourth-order valence-electron chi connectivity index (χ4n) is 4.01. The number of aryl methyl sites for hydroxylation is 3. The highest BCUT2D eigenvalue weighted by Gasteiger charge is 2.50. The lowest BCUT2D eigenvalue weighted by Gasteiger charge is -2.52. The van der Waals surface area contributed by atoms with Gasteiger partial charge in [-0.1, -0.05) is 12.1 Å². The Morgan fingerprint density at radius 2 is 2.18 bits per heavy atom. The van der Waals surface area contributed by atoms with Crippen molar-refractivity contribution in [1.82, 2.24) is 20.0 Å². The average Bonchev–Trinajstić information content (AvgIpc) is 3.00. The van der Waals surface area contributed by atoms with Crippen LogP contribution in [0.15, 0.2) is 16.9 Å². The normalized spacial score (nSPS) is 20.8. The maximum absolute atomic E-state index is 13.0. The third kappa shape index (κ3) is 3.61. The Balaban J connectivity index is 1.39. The molecule has 4 rings (SSSR count). The molecule has 1 atom stereocenters.